The van der Waals surface area contributed by atoms with Gasteiger partial charge in [-0.05, 0) is 0 Å². The second kappa shape index (κ2) is 4.56. The van der Waals surface area contributed by atoms with Gasteiger partial charge in [-0.3, -0.25) is 4.79 Å². The lowest BCUT2D eigenvalue weighted by molar-refractivity contribution is -0.118. The number of ketones is 1. The Bertz CT molecular complexity index is 61.1. The first-order valence-electron chi connectivity index (χ1n) is 2.39. The van der Waals surface area contributed by atoms with Gasteiger partial charge >= 0.3 is 0 Å². The van der Waals surface area contributed by atoms with Gasteiger partial charge in [0.15, 0.2) is 0 Å². The Morgan fingerprint density at radius 3 is 2.43 bits per heavy atom. The van der Waals surface area contributed by atoms with Crippen LogP contribution in [0.2, 0.25) is 0 Å². The number of hydrogen-bond donors (Lipinski definition) is 0. The lowest BCUT2D eigenvalue weighted by atomic mass is 10.2. The van der Waals surface area contributed by atoms with Crippen molar-refractivity contribution < 1.29 is 4.79 Å². The molecule has 0 heterocycles. The van der Waals surface area contributed by atoms with Crippen LogP contribution in [-0.2, 0) is 4.79 Å². The molecule has 0 fully saturated rings. The molecule has 0 atom stereocenters. The minimum atomic E-state index is 0.370. The van der Waals surface area contributed by atoms with Crippen molar-refractivity contribution in [1.82, 2.24) is 0 Å². The van der Waals surface area contributed by atoms with E-state index in [4.69, 9.17) is 0 Å². The average molecular weight is 212 g/mol. The summed E-state index contributed by atoms with van der Waals surface area (Å²) in [5.74, 6) is 0.370. The van der Waals surface area contributed by atoms with Crippen molar-refractivity contribution in [2.75, 3.05) is 4.43 Å². The minimum Gasteiger partial charge on any atom is -0.300 e. The van der Waals surface area contributed by atoms with E-state index in [2.05, 4.69) is 22.6 Å². The predicted octanol–water partition coefficient (Wildman–Crippen LogP) is 1.79. The first-order chi connectivity index (χ1) is 3.31. The molecule has 0 radical (unpaired) electrons. The minimum absolute atomic E-state index is 0.370. The van der Waals surface area contributed by atoms with Gasteiger partial charge in [-0.2, -0.15) is 0 Å². The van der Waals surface area contributed by atoms with Crippen LogP contribution < -0.4 is 0 Å². The molecule has 0 unspecified atom stereocenters. The zero-order valence-electron chi connectivity index (χ0n) is 4.41. The number of halogens is 1. The van der Waals surface area contributed by atoms with Crippen LogP contribution in [0.25, 0.3) is 0 Å². The highest BCUT2D eigenvalue weighted by atomic mass is 127. The third kappa shape index (κ3) is 4.25. The monoisotopic (exact) mass is 212 g/mol. The first-order valence-corrected chi connectivity index (χ1v) is 3.91. The molecule has 0 saturated heterocycles. The van der Waals surface area contributed by atoms with Crippen molar-refractivity contribution in [3.8, 4) is 0 Å². The van der Waals surface area contributed by atoms with Crippen LogP contribution in [0.15, 0.2) is 0 Å². The summed E-state index contributed by atoms with van der Waals surface area (Å²) in [5.41, 5.74) is 0. The highest BCUT2D eigenvalue weighted by Gasteiger charge is 1.92. The quantitative estimate of drug-likeness (QED) is 0.514. The van der Waals surface area contributed by atoms with Crippen molar-refractivity contribution in [1.29, 1.82) is 0 Å². The SMILES string of the molecule is CCC(=O)CCI. The van der Waals surface area contributed by atoms with Gasteiger partial charge in [0.2, 0.25) is 0 Å². The highest BCUT2D eigenvalue weighted by molar-refractivity contribution is 14.1. The highest BCUT2D eigenvalue weighted by Crippen LogP contribution is 1.92. The summed E-state index contributed by atoms with van der Waals surface area (Å²) in [7, 11) is 0. The Kier molecular flexibility index (Phi) is 4.82. The Morgan fingerprint density at radius 2 is 2.29 bits per heavy atom. The van der Waals surface area contributed by atoms with Crippen LogP contribution in [-0.4, -0.2) is 10.2 Å². The van der Waals surface area contributed by atoms with Crippen molar-refractivity contribution in [3.63, 3.8) is 0 Å². The molecular weight excluding hydrogens is 203 g/mol. The first kappa shape index (κ1) is 7.40. The van der Waals surface area contributed by atoms with Gasteiger partial charge in [-0.25, -0.2) is 0 Å². The van der Waals surface area contributed by atoms with Gasteiger partial charge in [0.1, 0.15) is 5.78 Å². The zero-order valence-corrected chi connectivity index (χ0v) is 6.57. The molecule has 0 bridgehead atoms. The van der Waals surface area contributed by atoms with E-state index in [0.29, 0.717) is 12.2 Å². The molecule has 0 spiro atoms. The zero-order chi connectivity index (χ0) is 5.70. The third-order valence-corrected chi connectivity index (χ3v) is 1.31. The standard InChI is InChI=1S/C5H9IO/c1-2-5(7)3-4-6/h2-4H2,1H3. The summed E-state index contributed by atoms with van der Waals surface area (Å²) in [6.07, 6.45) is 1.44. The van der Waals surface area contributed by atoms with E-state index in [9.17, 15) is 4.79 Å². The van der Waals surface area contributed by atoms with Gasteiger partial charge in [0.05, 0.1) is 0 Å². The second-order valence-corrected chi connectivity index (χ2v) is 2.41. The number of carbonyl (C=O) groups excluding carboxylic acids is 1. The van der Waals surface area contributed by atoms with Crippen molar-refractivity contribution in [3.05, 3.63) is 0 Å². The molecule has 0 saturated carbocycles. The van der Waals surface area contributed by atoms with Gasteiger partial charge in [0, 0.05) is 17.3 Å². The average Bonchev–Trinajstić information content (AvgIpc) is 1.68. The molecule has 0 rings (SSSR count). The molecule has 0 aliphatic carbocycles. The summed E-state index contributed by atoms with van der Waals surface area (Å²) < 4.78 is 0.963. The Morgan fingerprint density at radius 1 is 1.71 bits per heavy atom. The molecule has 0 N–H and O–H groups in total. The number of hydrogen-bond acceptors (Lipinski definition) is 1. The van der Waals surface area contributed by atoms with Crippen LogP contribution >= 0.6 is 22.6 Å². The van der Waals surface area contributed by atoms with E-state index >= 15 is 0 Å². The predicted molar refractivity (Wildman–Crippen MR) is 38.8 cm³/mol. The molecule has 42 valence electrons. The molecule has 0 aromatic carbocycles. The van der Waals surface area contributed by atoms with E-state index in [1.807, 2.05) is 6.92 Å². The topological polar surface area (TPSA) is 17.1 Å². The Labute approximate surface area is 57.6 Å². The van der Waals surface area contributed by atoms with E-state index in [1.165, 1.54) is 0 Å². The fourth-order valence-electron chi connectivity index (χ4n) is 0.282. The van der Waals surface area contributed by atoms with Gasteiger partial charge in [-0.1, -0.05) is 29.5 Å². The second-order valence-electron chi connectivity index (χ2n) is 1.33. The number of rotatable bonds is 3. The van der Waals surface area contributed by atoms with Crippen molar-refractivity contribution in [2.45, 2.75) is 19.8 Å². The summed E-state index contributed by atoms with van der Waals surface area (Å²) in [6, 6.07) is 0. The van der Waals surface area contributed by atoms with Crippen LogP contribution in [0.1, 0.15) is 19.8 Å². The lowest BCUT2D eigenvalue weighted by Gasteiger charge is -1.86. The van der Waals surface area contributed by atoms with Gasteiger partial charge < -0.3 is 0 Å². The number of Topliss-reactive ketones (excluding diaryl/α,β-unsaturated/α-hetero) is 1. The maximum absolute atomic E-state index is 10.4. The molecule has 7 heavy (non-hydrogen) atoms. The van der Waals surface area contributed by atoms with E-state index in [0.717, 1.165) is 10.8 Å². The van der Waals surface area contributed by atoms with Crippen LogP contribution in [0, 0.1) is 0 Å². The number of alkyl halides is 1. The smallest absolute Gasteiger partial charge is 0.133 e. The number of carbonyl (C=O) groups is 1. The maximum Gasteiger partial charge on any atom is 0.133 e. The molecule has 1 nitrogen and oxygen atoms in total. The Hall–Kier alpha value is 0.400. The fourth-order valence-corrected chi connectivity index (χ4v) is 0.884. The van der Waals surface area contributed by atoms with Crippen molar-refractivity contribution >= 4 is 28.4 Å². The maximum atomic E-state index is 10.4. The van der Waals surface area contributed by atoms with Gasteiger partial charge in [0.25, 0.3) is 0 Å². The normalized spacial score (nSPS) is 8.86. The molecule has 2 heteroatoms. The largest absolute Gasteiger partial charge is 0.300 e. The Balaban J connectivity index is 3.00. The summed E-state index contributed by atoms with van der Waals surface area (Å²) >= 11 is 2.21. The molecule has 0 aromatic rings. The van der Waals surface area contributed by atoms with Crippen LogP contribution in [0.5, 0.6) is 0 Å². The lowest BCUT2D eigenvalue weighted by Crippen LogP contribution is -1.93. The van der Waals surface area contributed by atoms with E-state index in [1.54, 1.807) is 0 Å². The molecular formula is C5H9IO. The van der Waals surface area contributed by atoms with E-state index < -0.39 is 0 Å². The van der Waals surface area contributed by atoms with Crippen molar-refractivity contribution in [2.24, 2.45) is 0 Å². The molecule has 0 aliphatic heterocycles. The molecule has 0 aliphatic rings. The third-order valence-electron chi connectivity index (χ3n) is 0.768. The summed E-state index contributed by atoms with van der Waals surface area (Å²) in [5, 5.41) is 0. The molecule has 0 amide bonds. The molecule has 0 aromatic heterocycles. The summed E-state index contributed by atoms with van der Waals surface area (Å²) in [4.78, 5) is 10.4. The van der Waals surface area contributed by atoms with Crippen LogP contribution in [0.4, 0.5) is 0 Å². The fraction of sp³-hybridized carbons (Fsp3) is 0.800. The van der Waals surface area contributed by atoms with Gasteiger partial charge in [-0.15, -0.1) is 0 Å². The van der Waals surface area contributed by atoms with Crippen LogP contribution in [0.3, 0.4) is 0 Å². The van der Waals surface area contributed by atoms with E-state index in [-0.39, 0.29) is 0 Å². The summed E-state index contributed by atoms with van der Waals surface area (Å²) in [6.45, 7) is 1.90.